The first-order valence-corrected chi connectivity index (χ1v) is 10.8. The van der Waals surface area contributed by atoms with Crippen molar-refractivity contribution in [1.82, 2.24) is 9.78 Å². The lowest BCUT2D eigenvalue weighted by Gasteiger charge is -2.34. The van der Waals surface area contributed by atoms with Crippen molar-refractivity contribution in [1.29, 1.82) is 0 Å². The van der Waals surface area contributed by atoms with Gasteiger partial charge in [0.25, 0.3) is 0 Å². The molecule has 1 heterocycles. The van der Waals surface area contributed by atoms with E-state index in [2.05, 4.69) is 5.10 Å². The molecule has 1 aromatic heterocycles. The number of aliphatic hydroxyl groups excluding tert-OH is 1. The number of esters is 1. The van der Waals surface area contributed by atoms with Crippen molar-refractivity contribution in [2.24, 2.45) is 0 Å². The summed E-state index contributed by atoms with van der Waals surface area (Å²) in [6.45, 7) is 3.23. The third-order valence-electron chi connectivity index (χ3n) is 6.05. The first kappa shape index (κ1) is 22.2. The maximum absolute atomic E-state index is 15.9. The van der Waals surface area contributed by atoms with Crippen LogP contribution in [0.2, 0.25) is 0 Å². The molecule has 0 spiro atoms. The van der Waals surface area contributed by atoms with Crippen LogP contribution >= 0.6 is 0 Å². The Morgan fingerprint density at radius 3 is 2.34 bits per heavy atom. The lowest BCUT2D eigenvalue weighted by molar-refractivity contribution is -0.151. The zero-order chi connectivity index (χ0) is 22.9. The third kappa shape index (κ3) is 4.31. The molecule has 1 saturated carbocycles. The first-order chi connectivity index (χ1) is 15.3. The number of aliphatic hydroxyl groups is 2. The Morgan fingerprint density at radius 2 is 1.78 bits per heavy atom. The molecule has 0 radical (unpaired) electrons. The lowest BCUT2D eigenvalue weighted by atomic mass is 9.80. The van der Waals surface area contributed by atoms with Gasteiger partial charge in [0.1, 0.15) is 23.1 Å². The van der Waals surface area contributed by atoms with Crippen LogP contribution in [0.15, 0.2) is 48.5 Å². The average Bonchev–Trinajstić information content (AvgIpc) is 3.14. The Bertz CT molecular complexity index is 1100. The van der Waals surface area contributed by atoms with Crippen LogP contribution in [0, 0.1) is 12.7 Å². The largest absolute Gasteiger partial charge is 0.463 e. The number of benzene rings is 2. The highest BCUT2D eigenvalue weighted by molar-refractivity contribution is 5.66. The number of carbonyl (C=O) groups is 1. The average molecular weight is 438 g/mol. The number of ether oxygens (including phenoxy) is 1. The van der Waals surface area contributed by atoms with Gasteiger partial charge in [0, 0.05) is 12.5 Å². The number of aromatic nitrogens is 2. The van der Waals surface area contributed by atoms with E-state index < -0.39 is 11.4 Å². The van der Waals surface area contributed by atoms with Crippen LogP contribution < -0.4 is 0 Å². The van der Waals surface area contributed by atoms with Crippen LogP contribution in [0.3, 0.4) is 0 Å². The van der Waals surface area contributed by atoms with Crippen LogP contribution in [0.4, 0.5) is 4.39 Å². The van der Waals surface area contributed by atoms with E-state index in [4.69, 9.17) is 4.74 Å². The van der Waals surface area contributed by atoms with Crippen LogP contribution in [0.5, 0.6) is 0 Å². The van der Waals surface area contributed by atoms with E-state index in [1.807, 2.05) is 31.2 Å². The molecule has 0 unspecified atom stereocenters. The van der Waals surface area contributed by atoms with Gasteiger partial charge >= 0.3 is 5.97 Å². The Balaban J connectivity index is 1.77. The summed E-state index contributed by atoms with van der Waals surface area (Å²) in [6, 6.07) is 14.5. The summed E-state index contributed by atoms with van der Waals surface area (Å²) in [5.74, 6) is -0.919. The minimum Gasteiger partial charge on any atom is -0.463 e. The molecular formula is C25H27FN2O4. The van der Waals surface area contributed by atoms with E-state index in [0.29, 0.717) is 24.1 Å². The molecule has 7 heteroatoms. The normalized spacial score (nSPS) is 20.8. The van der Waals surface area contributed by atoms with Gasteiger partial charge in [-0.25, -0.2) is 9.07 Å². The van der Waals surface area contributed by atoms with Crippen LogP contribution in [-0.4, -0.2) is 32.1 Å². The van der Waals surface area contributed by atoms with Crippen molar-refractivity contribution in [2.75, 3.05) is 0 Å². The fourth-order valence-electron chi connectivity index (χ4n) is 4.24. The second kappa shape index (κ2) is 8.84. The molecule has 1 fully saturated rings. The van der Waals surface area contributed by atoms with Crippen LogP contribution in [0.1, 0.15) is 49.4 Å². The summed E-state index contributed by atoms with van der Waals surface area (Å²) in [6.07, 6.45) is 1.09. The highest BCUT2D eigenvalue weighted by atomic mass is 19.1. The Labute approximate surface area is 186 Å². The minimum absolute atomic E-state index is 0.000541. The second-order valence-electron chi connectivity index (χ2n) is 8.45. The summed E-state index contributed by atoms with van der Waals surface area (Å²) in [5.41, 5.74) is 1.88. The molecule has 3 aromatic rings. The summed E-state index contributed by atoms with van der Waals surface area (Å²) >= 11 is 0. The third-order valence-corrected chi connectivity index (χ3v) is 6.05. The topological polar surface area (TPSA) is 84.6 Å². The number of halogens is 1. The molecule has 4 rings (SSSR count). The predicted octanol–water partition coefficient (Wildman–Crippen LogP) is 4.17. The van der Waals surface area contributed by atoms with Gasteiger partial charge in [0.15, 0.2) is 5.82 Å². The van der Waals surface area contributed by atoms with Gasteiger partial charge in [0.2, 0.25) is 0 Å². The number of aryl methyl sites for hydroxylation is 1. The highest BCUT2D eigenvalue weighted by Gasteiger charge is 2.41. The smallest absolute Gasteiger partial charge is 0.302 e. The molecule has 0 bridgehead atoms. The maximum atomic E-state index is 15.9. The van der Waals surface area contributed by atoms with Crippen molar-refractivity contribution >= 4 is 5.97 Å². The quantitative estimate of drug-likeness (QED) is 0.584. The summed E-state index contributed by atoms with van der Waals surface area (Å²) in [4.78, 5) is 11.3. The van der Waals surface area contributed by atoms with Gasteiger partial charge in [-0.05, 0) is 50.3 Å². The van der Waals surface area contributed by atoms with Gasteiger partial charge < -0.3 is 14.9 Å². The van der Waals surface area contributed by atoms with E-state index >= 15 is 4.39 Å². The molecule has 1 aliphatic carbocycles. The number of nitrogens with zero attached hydrogens (tertiary/aromatic N) is 2. The number of rotatable bonds is 5. The van der Waals surface area contributed by atoms with Crippen molar-refractivity contribution < 1.29 is 24.1 Å². The maximum Gasteiger partial charge on any atom is 0.302 e. The molecule has 6 nitrogen and oxygen atoms in total. The number of hydrogen-bond donors (Lipinski definition) is 2. The van der Waals surface area contributed by atoms with Crippen LogP contribution in [0.25, 0.3) is 16.9 Å². The highest BCUT2D eigenvalue weighted by Crippen LogP contribution is 2.41. The molecule has 1 aliphatic rings. The Hall–Kier alpha value is -3.03. The van der Waals surface area contributed by atoms with Crippen molar-refractivity contribution in [3.8, 4) is 16.9 Å². The van der Waals surface area contributed by atoms with E-state index in [9.17, 15) is 15.0 Å². The van der Waals surface area contributed by atoms with Crippen LogP contribution in [-0.2, 0) is 21.7 Å². The van der Waals surface area contributed by atoms with Crippen molar-refractivity contribution in [3.63, 3.8) is 0 Å². The first-order valence-electron chi connectivity index (χ1n) is 10.8. The Kier molecular flexibility index (Phi) is 6.13. The molecule has 2 N–H and O–H groups in total. The van der Waals surface area contributed by atoms with Crippen molar-refractivity contribution in [2.45, 2.75) is 57.8 Å². The van der Waals surface area contributed by atoms with E-state index in [1.54, 1.807) is 24.3 Å². The molecule has 0 aliphatic heterocycles. The molecular weight excluding hydrogens is 411 g/mol. The zero-order valence-corrected chi connectivity index (χ0v) is 18.2. The Morgan fingerprint density at radius 1 is 1.16 bits per heavy atom. The van der Waals surface area contributed by atoms with Gasteiger partial charge in [-0.1, -0.05) is 42.0 Å². The predicted molar refractivity (Wildman–Crippen MR) is 118 cm³/mol. The van der Waals surface area contributed by atoms with E-state index in [0.717, 1.165) is 11.1 Å². The summed E-state index contributed by atoms with van der Waals surface area (Å²) < 4.78 is 22.6. The van der Waals surface area contributed by atoms with Gasteiger partial charge in [0.05, 0.1) is 12.3 Å². The second-order valence-corrected chi connectivity index (χ2v) is 8.45. The van der Waals surface area contributed by atoms with Gasteiger partial charge in [-0.3, -0.25) is 4.79 Å². The molecule has 0 atom stereocenters. The fourth-order valence-corrected chi connectivity index (χ4v) is 4.24. The minimum atomic E-state index is -1.45. The molecule has 168 valence electrons. The van der Waals surface area contributed by atoms with Gasteiger partial charge in [-0.15, -0.1) is 0 Å². The fraction of sp³-hybridized carbons (Fsp3) is 0.360. The molecule has 0 saturated heterocycles. The van der Waals surface area contributed by atoms with Gasteiger partial charge in [-0.2, -0.15) is 5.10 Å². The summed E-state index contributed by atoms with van der Waals surface area (Å²) in [5, 5.41) is 25.2. The SMILES string of the molecule is CC(=O)OC1CCC(O)(c2nn(-c3ccc(CO)cc3)c(-c3ccc(C)cc3)c2F)CC1. The lowest BCUT2D eigenvalue weighted by Crippen LogP contribution is -2.36. The number of hydrogen-bond acceptors (Lipinski definition) is 5. The monoisotopic (exact) mass is 438 g/mol. The molecule has 32 heavy (non-hydrogen) atoms. The standard InChI is InChI=1S/C25H27FN2O4/c1-16-3-7-19(8-4-16)23-22(26)24(25(31)13-11-21(12-14-25)32-17(2)30)27-28(23)20-9-5-18(15-29)6-10-20/h3-10,21,29,31H,11-15H2,1-2H3. The van der Waals surface area contributed by atoms with Crippen molar-refractivity contribution in [3.05, 3.63) is 71.2 Å². The number of carbonyl (C=O) groups excluding carboxylic acids is 1. The summed E-state index contributed by atoms with van der Waals surface area (Å²) in [7, 11) is 0. The zero-order valence-electron chi connectivity index (χ0n) is 18.2. The van der Waals surface area contributed by atoms with E-state index in [-0.39, 0.29) is 42.9 Å². The molecule has 0 amide bonds. The molecule has 2 aromatic carbocycles. The van der Waals surface area contributed by atoms with E-state index in [1.165, 1.54) is 11.6 Å².